The van der Waals surface area contributed by atoms with E-state index < -0.39 is 0 Å². The molecule has 0 aliphatic carbocycles. The van der Waals surface area contributed by atoms with Crippen molar-refractivity contribution in [2.45, 2.75) is 0 Å². The molecule has 1 aromatic carbocycles. The fourth-order valence-corrected chi connectivity index (χ4v) is 1.59. The predicted molar refractivity (Wildman–Crippen MR) is 70.9 cm³/mol. The fourth-order valence-electron chi connectivity index (χ4n) is 1.59. The van der Waals surface area contributed by atoms with Crippen molar-refractivity contribution in [2.24, 2.45) is 0 Å². The summed E-state index contributed by atoms with van der Waals surface area (Å²) in [6, 6.07) is 11.5. The lowest BCUT2D eigenvalue weighted by molar-refractivity contribution is 0.0600. The van der Waals surface area contributed by atoms with E-state index in [2.05, 4.69) is 4.98 Å². The molecular weight excluding hydrogens is 226 g/mol. The van der Waals surface area contributed by atoms with Crippen LogP contribution in [-0.4, -0.2) is 18.1 Å². The van der Waals surface area contributed by atoms with E-state index >= 15 is 0 Å². The van der Waals surface area contributed by atoms with E-state index in [1.54, 1.807) is 18.5 Å². The third kappa shape index (κ3) is 2.83. The lowest BCUT2D eigenvalue weighted by Crippen LogP contribution is -2.03. The van der Waals surface area contributed by atoms with Gasteiger partial charge in [-0.1, -0.05) is 42.5 Å². The molecule has 90 valence electrons. The first-order valence-electron chi connectivity index (χ1n) is 5.56. The zero-order chi connectivity index (χ0) is 12.8. The van der Waals surface area contributed by atoms with Crippen molar-refractivity contribution in [3.05, 3.63) is 65.5 Å². The van der Waals surface area contributed by atoms with Gasteiger partial charge in [0.05, 0.1) is 12.7 Å². The third-order valence-electron chi connectivity index (χ3n) is 2.51. The predicted octanol–water partition coefficient (Wildman–Crippen LogP) is 3.04. The number of aromatic nitrogens is 1. The Balaban J connectivity index is 2.29. The molecule has 0 saturated heterocycles. The maximum Gasteiger partial charge on any atom is 0.338 e. The second-order valence-corrected chi connectivity index (χ2v) is 3.70. The van der Waals surface area contributed by atoms with E-state index in [-0.39, 0.29) is 5.97 Å². The second-order valence-electron chi connectivity index (χ2n) is 3.70. The van der Waals surface area contributed by atoms with Gasteiger partial charge in [-0.25, -0.2) is 4.79 Å². The quantitative estimate of drug-likeness (QED) is 0.773. The van der Waals surface area contributed by atoms with E-state index in [9.17, 15) is 4.79 Å². The van der Waals surface area contributed by atoms with Gasteiger partial charge in [0, 0.05) is 18.0 Å². The molecule has 0 radical (unpaired) electrons. The number of esters is 1. The van der Waals surface area contributed by atoms with Crippen LogP contribution in [-0.2, 0) is 4.74 Å². The fraction of sp³-hybridized carbons (Fsp3) is 0.0667. The summed E-state index contributed by atoms with van der Waals surface area (Å²) in [5, 5.41) is 0. The summed E-state index contributed by atoms with van der Waals surface area (Å²) in [7, 11) is 1.37. The summed E-state index contributed by atoms with van der Waals surface area (Å²) in [4.78, 5) is 15.6. The normalized spacial score (nSPS) is 10.5. The summed E-state index contributed by atoms with van der Waals surface area (Å²) in [5.74, 6) is -0.356. The van der Waals surface area contributed by atoms with Gasteiger partial charge in [-0.15, -0.1) is 0 Å². The number of rotatable bonds is 3. The van der Waals surface area contributed by atoms with Gasteiger partial charge >= 0.3 is 5.97 Å². The number of methoxy groups -OCH3 is 1. The van der Waals surface area contributed by atoms with E-state index in [1.165, 1.54) is 7.11 Å². The van der Waals surface area contributed by atoms with Crippen LogP contribution in [0.2, 0.25) is 0 Å². The van der Waals surface area contributed by atoms with E-state index in [1.807, 2.05) is 42.5 Å². The molecule has 2 rings (SSSR count). The number of benzene rings is 1. The lowest BCUT2D eigenvalue weighted by atomic mass is 10.1. The van der Waals surface area contributed by atoms with E-state index in [4.69, 9.17) is 4.74 Å². The SMILES string of the molecule is COC(=O)c1ccncc1C=Cc1ccccc1. The topological polar surface area (TPSA) is 39.2 Å². The van der Waals surface area contributed by atoms with Gasteiger partial charge in [0.15, 0.2) is 0 Å². The minimum atomic E-state index is -0.356. The number of carbonyl (C=O) groups is 1. The van der Waals surface area contributed by atoms with Gasteiger partial charge in [-0.2, -0.15) is 0 Å². The molecule has 1 heterocycles. The number of hydrogen-bond acceptors (Lipinski definition) is 3. The lowest BCUT2D eigenvalue weighted by Gasteiger charge is -2.02. The average molecular weight is 239 g/mol. The first-order valence-corrected chi connectivity index (χ1v) is 5.56. The van der Waals surface area contributed by atoms with Crippen molar-refractivity contribution < 1.29 is 9.53 Å². The summed E-state index contributed by atoms with van der Waals surface area (Å²) in [5.41, 5.74) is 2.32. The third-order valence-corrected chi connectivity index (χ3v) is 2.51. The van der Waals surface area contributed by atoms with Crippen LogP contribution in [0.1, 0.15) is 21.5 Å². The molecule has 0 unspecified atom stereocenters. The number of hydrogen-bond donors (Lipinski definition) is 0. The van der Waals surface area contributed by atoms with Crippen LogP contribution >= 0.6 is 0 Å². The molecule has 3 heteroatoms. The van der Waals surface area contributed by atoms with Gasteiger partial charge in [0.1, 0.15) is 0 Å². The highest BCUT2D eigenvalue weighted by Crippen LogP contribution is 2.12. The number of ether oxygens (including phenoxy) is 1. The van der Waals surface area contributed by atoms with Crippen molar-refractivity contribution >= 4 is 18.1 Å². The first kappa shape index (κ1) is 12.0. The Hall–Kier alpha value is -2.42. The maximum absolute atomic E-state index is 11.6. The summed E-state index contributed by atoms with van der Waals surface area (Å²) in [6.45, 7) is 0. The molecule has 0 amide bonds. The molecule has 2 aromatic rings. The molecule has 0 fully saturated rings. The van der Waals surface area contributed by atoms with Crippen molar-refractivity contribution in [2.75, 3.05) is 7.11 Å². The molecule has 3 nitrogen and oxygen atoms in total. The van der Waals surface area contributed by atoms with Crippen LogP contribution in [0.4, 0.5) is 0 Å². The second kappa shape index (κ2) is 5.77. The van der Waals surface area contributed by atoms with Crippen LogP contribution < -0.4 is 0 Å². The monoisotopic (exact) mass is 239 g/mol. The van der Waals surface area contributed by atoms with Crippen molar-refractivity contribution in [1.29, 1.82) is 0 Å². The molecule has 1 aromatic heterocycles. The van der Waals surface area contributed by atoms with Crippen LogP contribution in [0, 0.1) is 0 Å². The largest absolute Gasteiger partial charge is 0.465 e. The van der Waals surface area contributed by atoms with Crippen LogP contribution in [0.3, 0.4) is 0 Å². The average Bonchev–Trinajstić information content (AvgIpc) is 2.45. The van der Waals surface area contributed by atoms with Crippen LogP contribution in [0.25, 0.3) is 12.2 Å². The van der Waals surface area contributed by atoms with Gasteiger partial charge in [-0.3, -0.25) is 4.98 Å². The smallest absolute Gasteiger partial charge is 0.338 e. The summed E-state index contributed by atoms with van der Waals surface area (Å²) >= 11 is 0. The Kier molecular flexibility index (Phi) is 3.86. The van der Waals surface area contributed by atoms with E-state index in [0.717, 1.165) is 11.1 Å². The molecule has 0 saturated carbocycles. The van der Waals surface area contributed by atoms with Gasteiger partial charge < -0.3 is 4.74 Å². The Morgan fingerprint density at radius 2 is 1.94 bits per heavy atom. The Morgan fingerprint density at radius 1 is 1.17 bits per heavy atom. The summed E-state index contributed by atoms with van der Waals surface area (Å²) < 4.78 is 4.73. The van der Waals surface area contributed by atoms with Crippen molar-refractivity contribution in [3.63, 3.8) is 0 Å². The summed E-state index contributed by atoms with van der Waals surface area (Å²) in [6.07, 6.45) is 7.01. The highest BCUT2D eigenvalue weighted by atomic mass is 16.5. The molecule has 18 heavy (non-hydrogen) atoms. The Morgan fingerprint density at radius 3 is 2.67 bits per heavy atom. The minimum Gasteiger partial charge on any atom is -0.465 e. The molecule has 0 spiro atoms. The van der Waals surface area contributed by atoms with Crippen LogP contribution in [0.15, 0.2) is 48.8 Å². The van der Waals surface area contributed by atoms with Gasteiger partial charge in [0.25, 0.3) is 0 Å². The Labute approximate surface area is 106 Å². The molecule has 0 atom stereocenters. The molecule has 0 aliphatic rings. The molecule has 0 N–H and O–H groups in total. The highest BCUT2D eigenvalue weighted by Gasteiger charge is 2.08. The molecule has 0 bridgehead atoms. The zero-order valence-electron chi connectivity index (χ0n) is 10.0. The van der Waals surface area contributed by atoms with Gasteiger partial charge in [0.2, 0.25) is 0 Å². The standard InChI is InChI=1S/C15H13NO2/c1-18-15(17)14-9-10-16-11-13(14)8-7-12-5-3-2-4-6-12/h2-11H,1H3. The van der Waals surface area contributed by atoms with Crippen molar-refractivity contribution in [3.8, 4) is 0 Å². The van der Waals surface area contributed by atoms with Crippen LogP contribution in [0.5, 0.6) is 0 Å². The Bertz CT molecular complexity index is 562. The number of pyridine rings is 1. The number of carbonyl (C=O) groups excluding carboxylic acids is 1. The van der Waals surface area contributed by atoms with Crippen molar-refractivity contribution in [1.82, 2.24) is 4.98 Å². The number of nitrogens with zero attached hydrogens (tertiary/aromatic N) is 1. The highest BCUT2D eigenvalue weighted by molar-refractivity contribution is 5.94. The molecular formula is C15H13NO2. The van der Waals surface area contributed by atoms with E-state index in [0.29, 0.717) is 5.56 Å². The molecule has 0 aliphatic heterocycles. The van der Waals surface area contributed by atoms with Gasteiger partial charge in [-0.05, 0) is 11.6 Å². The minimum absolute atomic E-state index is 0.356. The maximum atomic E-state index is 11.6. The first-order chi connectivity index (χ1) is 8.81. The zero-order valence-corrected chi connectivity index (χ0v) is 10.0.